The summed E-state index contributed by atoms with van der Waals surface area (Å²) in [6.07, 6.45) is 11.1. The second kappa shape index (κ2) is 8.53. The molecule has 1 aromatic rings. The molecule has 3 nitrogen and oxygen atoms in total. The zero-order chi connectivity index (χ0) is 17.6. The zero-order valence-electron chi connectivity index (χ0n) is 14.7. The molecule has 124 valence electrons. The van der Waals surface area contributed by atoms with E-state index in [1.807, 2.05) is 19.1 Å². The van der Waals surface area contributed by atoms with Gasteiger partial charge in [-0.05, 0) is 44.4 Å². The lowest BCUT2D eigenvalue weighted by atomic mass is 10.1. The van der Waals surface area contributed by atoms with Crippen LogP contribution in [0.4, 0.5) is 5.00 Å². The third-order valence-electron chi connectivity index (χ3n) is 3.34. The molecular formula is C19H25NO2S. The molecule has 0 unspecified atom stereocenters. The van der Waals surface area contributed by atoms with Gasteiger partial charge in [-0.15, -0.1) is 11.3 Å². The molecule has 1 rings (SSSR count). The van der Waals surface area contributed by atoms with Gasteiger partial charge in [0.2, 0.25) is 0 Å². The van der Waals surface area contributed by atoms with Crippen molar-refractivity contribution in [3.63, 3.8) is 0 Å². The second-order valence-corrected chi connectivity index (χ2v) is 6.93. The summed E-state index contributed by atoms with van der Waals surface area (Å²) in [5.74, 6) is -0.923. The Morgan fingerprint density at radius 3 is 2.30 bits per heavy atom. The standard InChI is InChI=1S/C19H25NO2S/c1-13(8-7-9-14(2)12-18(21)22)10-11-17-15(3)19(20(5)6)23-16(17)4/h7-12H,1-6H3,(H,21,22)/b9-7+,11-10+,13-8+,14-12+. The van der Waals surface area contributed by atoms with Crippen molar-refractivity contribution in [2.24, 2.45) is 0 Å². The molecule has 0 fully saturated rings. The van der Waals surface area contributed by atoms with E-state index in [4.69, 9.17) is 5.11 Å². The average Bonchev–Trinajstić information content (AvgIpc) is 2.71. The number of aliphatic carboxylic acids is 1. The fourth-order valence-electron chi connectivity index (χ4n) is 2.19. The molecule has 0 aromatic carbocycles. The predicted octanol–water partition coefficient (Wildman–Crippen LogP) is 4.98. The summed E-state index contributed by atoms with van der Waals surface area (Å²) in [6.45, 7) is 8.09. The van der Waals surface area contributed by atoms with Gasteiger partial charge in [-0.3, -0.25) is 0 Å². The molecule has 0 radical (unpaired) electrons. The maximum Gasteiger partial charge on any atom is 0.328 e. The summed E-state index contributed by atoms with van der Waals surface area (Å²) in [5.41, 5.74) is 4.40. The summed E-state index contributed by atoms with van der Waals surface area (Å²) in [6, 6.07) is 0. The minimum absolute atomic E-state index is 0.714. The number of carboxylic acids is 1. The van der Waals surface area contributed by atoms with Gasteiger partial charge in [-0.25, -0.2) is 4.79 Å². The molecule has 4 heteroatoms. The second-order valence-electron chi connectivity index (χ2n) is 5.73. The van der Waals surface area contributed by atoms with Gasteiger partial charge in [-0.1, -0.05) is 36.0 Å². The van der Waals surface area contributed by atoms with Crippen LogP contribution in [0.1, 0.15) is 29.9 Å². The Morgan fingerprint density at radius 2 is 1.78 bits per heavy atom. The van der Waals surface area contributed by atoms with E-state index in [9.17, 15) is 4.79 Å². The number of aryl methyl sites for hydroxylation is 1. The molecule has 0 atom stereocenters. The smallest absolute Gasteiger partial charge is 0.328 e. The van der Waals surface area contributed by atoms with E-state index in [1.54, 1.807) is 24.3 Å². The van der Waals surface area contributed by atoms with Crippen molar-refractivity contribution in [2.45, 2.75) is 27.7 Å². The first-order chi connectivity index (χ1) is 10.7. The molecule has 0 saturated carbocycles. The molecule has 0 amide bonds. The summed E-state index contributed by atoms with van der Waals surface area (Å²) in [7, 11) is 4.13. The summed E-state index contributed by atoms with van der Waals surface area (Å²) in [4.78, 5) is 14.0. The van der Waals surface area contributed by atoms with Gasteiger partial charge in [-0.2, -0.15) is 0 Å². The first-order valence-electron chi connectivity index (χ1n) is 7.44. The van der Waals surface area contributed by atoms with E-state index < -0.39 is 5.97 Å². The number of anilines is 1. The normalized spacial score (nSPS) is 13.3. The Bertz CT molecular complexity index is 688. The van der Waals surface area contributed by atoms with Crippen LogP contribution in [0, 0.1) is 13.8 Å². The zero-order valence-corrected chi connectivity index (χ0v) is 15.5. The molecule has 0 aliphatic carbocycles. The van der Waals surface area contributed by atoms with Crippen LogP contribution in [0.2, 0.25) is 0 Å². The van der Waals surface area contributed by atoms with Crippen molar-refractivity contribution < 1.29 is 9.90 Å². The SMILES string of the molecule is CC(/C=C/c1c(C)sc(N(C)C)c1C)=C\C=C\C(C)=C\C(=O)O. The lowest BCUT2D eigenvalue weighted by molar-refractivity contribution is -0.131. The molecule has 1 heterocycles. The van der Waals surface area contributed by atoms with E-state index in [0.29, 0.717) is 5.57 Å². The fourth-order valence-corrected chi connectivity index (χ4v) is 3.26. The largest absolute Gasteiger partial charge is 0.478 e. The molecule has 0 bridgehead atoms. The first-order valence-corrected chi connectivity index (χ1v) is 8.25. The van der Waals surface area contributed by atoms with Crippen molar-refractivity contribution in [1.29, 1.82) is 0 Å². The predicted molar refractivity (Wildman–Crippen MR) is 101 cm³/mol. The van der Waals surface area contributed by atoms with Crippen LogP contribution < -0.4 is 4.90 Å². The third-order valence-corrected chi connectivity index (χ3v) is 4.73. The highest BCUT2D eigenvalue weighted by Gasteiger charge is 2.10. The monoisotopic (exact) mass is 331 g/mol. The minimum atomic E-state index is -0.923. The Morgan fingerprint density at radius 1 is 1.13 bits per heavy atom. The summed E-state index contributed by atoms with van der Waals surface area (Å²) in [5, 5.41) is 9.95. The molecule has 1 aromatic heterocycles. The van der Waals surface area contributed by atoms with E-state index in [0.717, 1.165) is 5.57 Å². The van der Waals surface area contributed by atoms with Crippen LogP contribution in [0.15, 0.2) is 41.5 Å². The lowest BCUT2D eigenvalue weighted by Crippen LogP contribution is -2.07. The van der Waals surface area contributed by atoms with Crippen molar-refractivity contribution >= 4 is 28.4 Å². The van der Waals surface area contributed by atoms with Crippen molar-refractivity contribution in [1.82, 2.24) is 0 Å². The molecule has 0 spiro atoms. The number of rotatable bonds is 6. The topological polar surface area (TPSA) is 40.5 Å². The van der Waals surface area contributed by atoms with Crippen molar-refractivity contribution in [3.05, 3.63) is 57.5 Å². The molecule has 0 aliphatic heterocycles. The van der Waals surface area contributed by atoms with Crippen LogP contribution in [0.5, 0.6) is 0 Å². The molecule has 23 heavy (non-hydrogen) atoms. The third kappa shape index (κ3) is 5.91. The fraction of sp³-hybridized carbons (Fsp3) is 0.316. The van der Waals surface area contributed by atoms with Crippen molar-refractivity contribution in [2.75, 3.05) is 19.0 Å². The Kier molecular flexibility index (Phi) is 7.04. The lowest BCUT2D eigenvalue weighted by Gasteiger charge is -2.10. The van der Waals surface area contributed by atoms with Gasteiger partial charge in [0.05, 0.1) is 5.00 Å². The van der Waals surface area contributed by atoms with Gasteiger partial charge >= 0.3 is 5.97 Å². The molecule has 0 saturated heterocycles. The highest BCUT2D eigenvalue weighted by Crippen LogP contribution is 2.34. The number of hydrogen-bond donors (Lipinski definition) is 1. The van der Waals surface area contributed by atoms with Crippen LogP contribution in [0.3, 0.4) is 0 Å². The summed E-state index contributed by atoms with van der Waals surface area (Å²) >= 11 is 1.81. The molecular weight excluding hydrogens is 306 g/mol. The first kappa shape index (κ1) is 19.0. The number of thiophene rings is 1. The van der Waals surface area contributed by atoms with Gasteiger partial charge < -0.3 is 10.0 Å². The number of carbonyl (C=O) groups is 1. The maximum atomic E-state index is 10.5. The van der Waals surface area contributed by atoms with E-state index in [-0.39, 0.29) is 0 Å². The molecule has 1 N–H and O–H groups in total. The van der Waals surface area contributed by atoms with Gasteiger partial charge in [0.25, 0.3) is 0 Å². The Hall–Kier alpha value is -2.07. The highest BCUT2D eigenvalue weighted by atomic mass is 32.1. The quantitative estimate of drug-likeness (QED) is 0.590. The minimum Gasteiger partial charge on any atom is -0.478 e. The number of nitrogens with zero attached hydrogens (tertiary/aromatic N) is 1. The van der Waals surface area contributed by atoms with E-state index >= 15 is 0 Å². The molecule has 0 aliphatic rings. The summed E-state index contributed by atoms with van der Waals surface area (Å²) < 4.78 is 0. The maximum absolute atomic E-state index is 10.5. The number of hydrogen-bond acceptors (Lipinski definition) is 3. The number of carboxylic acid groups (broad SMARTS) is 1. The van der Waals surface area contributed by atoms with Gasteiger partial charge in [0, 0.05) is 25.0 Å². The van der Waals surface area contributed by atoms with Crippen LogP contribution >= 0.6 is 11.3 Å². The van der Waals surface area contributed by atoms with E-state index in [1.165, 1.54) is 27.1 Å². The van der Waals surface area contributed by atoms with Gasteiger partial charge in [0.1, 0.15) is 0 Å². The van der Waals surface area contributed by atoms with Crippen molar-refractivity contribution in [3.8, 4) is 0 Å². The average molecular weight is 331 g/mol. The number of allylic oxidation sites excluding steroid dienone is 6. The van der Waals surface area contributed by atoms with Gasteiger partial charge in [0.15, 0.2) is 0 Å². The van der Waals surface area contributed by atoms with Crippen LogP contribution in [-0.4, -0.2) is 25.2 Å². The van der Waals surface area contributed by atoms with E-state index in [2.05, 4.69) is 45.0 Å². The Labute approximate surface area is 143 Å². The highest BCUT2D eigenvalue weighted by molar-refractivity contribution is 7.16. The van der Waals surface area contributed by atoms with Crippen LogP contribution in [-0.2, 0) is 4.79 Å². The van der Waals surface area contributed by atoms with Crippen LogP contribution in [0.25, 0.3) is 6.08 Å². The Balaban J connectivity index is 2.87.